The average Bonchev–Trinajstić information content (AvgIpc) is 2.95. The molecule has 1 heterocycles. The first kappa shape index (κ1) is 11.9. The smallest absolute Gasteiger partial charge is 0.123 e. The predicted octanol–water partition coefficient (Wildman–Crippen LogP) is 3.49. The highest BCUT2D eigenvalue weighted by Gasteiger charge is 2.46. The third-order valence-corrected chi connectivity index (χ3v) is 5.90. The van der Waals surface area contributed by atoms with Crippen molar-refractivity contribution in [1.29, 1.82) is 0 Å². The maximum absolute atomic E-state index is 13.5. The van der Waals surface area contributed by atoms with E-state index in [9.17, 15) is 4.39 Å². The molecular weight excluding hydrogens is 237 g/mol. The molecule has 0 aromatic heterocycles. The van der Waals surface area contributed by atoms with Crippen molar-refractivity contribution in [3.63, 3.8) is 0 Å². The van der Waals surface area contributed by atoms with E-state index in [-0.39, 0.29) is 11.2 Å². The predicted molar refractivity (Wildman–Crippen MR) is 74.5 cm³/mol. The average molecular weight is 259 g/mol. The molecule has 3 atom stereocenters. The van der Waals surface area contributed by atoms with Gasteiger partial charge in [-0.1, -0.05) is 18.6 Å². The third-order valence-electron chi connectivity index (χ3n) is 5.90. The number of hydrogen-bond donors (Lipinski definition) is 1. The summed E-state index contributed by atoms with van der Waals surface area (Å²) in [5.41, 5.74) is 1.44. The van der Waals surface area contributed by atoms with E-state index in [1.807, 2.05) is 6.07 Å². The molecule has 2 aliphatic carbocycles. The van der Waals surface area contributed by atoms with E-state index in [1.165, 1.54) is 37.7 Å². The van der Waals surface area contributed by atoms with Crippen molar-refractivity contribution in [2.45, 2.75) is 37.5 Å². The van der Waals surface area contributed by atoms with Crippen LogP contribution in [0.1, 0.15) is 37.7 Å². The van der Waals surface area contributed by atoms with Crippen molar-refractivity contribution in [3.8, 4) is 0 Å². The van der Waals surface area contributed by atoms with Gasteiger partial charge in [0.05, 0.1) is 0 Å². The van der Waals surface area contributed by atoms with Crippen molar-refractivity contribution < 1.29 is 4.39 Å². The second-order valence-corrected chi connectivity index (χ2v) is 7.03. The molecule has 1 saturated heterocycles. The van der Waals surface area contributed by atoms with Crippen molar-refractivity contribution in [2.24, 2.45) is 17.8 Å². The lowest BCUT2D eigenvalue weighted by Crippen LogP contribution is -2.57. The molecule has 2 heteroatoms. The number of fused-ring (bicyclic) bond motifs is 2. The van der Waals surface area contributed by atoms with Gasteiger partial charge in [-0.15, -0.1) is 0 Å². The highest BCUT2D eigenvalue weighted by Crippen LogP contribution is 2.52. The van der Waals surface area contributed by atoms with E-state index in [1.54, 1.807) is 12.1 Å². The number of rotatable bonds is 3. The molecule has 102 valence electrons. The Labute approximate surface area is 114 Å². The van der Waals surface area contributed by atoms with Gasteiger partial charge in [-0.2, -0.15) is 0 Å². The van der Waals surface area contributed by atoms with Crippen LogP contribution >= 0.6 is 0 Å². The lowest BCUT2D eigenvalue weighted by molar-refractivity contribution is 0.179. The molecule has 2 bridgehead atoms. The third kappa shape index (κ3) is 1.92. The fourth-order valence-corrected chi connectivity index (χ4v) is 4.84. The summed E-state index contributed by atoms with van der Waals surface area (Å²) < 4.78 is 13.5. The van der Waals surface area contributed by atoms with Gasteiger partial charge < -0.3 is 5.32 Å². The minimum Gasteiger partial charge on any atom is -0.315 e. The van der Waals surface area contributed by atoms with Crippen LogP contribution in [-0.2, 0) is 5.41 Å². The van der Waals surface area contributed by atoms with Crippen molar-refractivity contribution in [3.05, 3.63) is 35.6 Å². The Morgan fingerprint density at radius 2 is 2.11 bits per heavy atom. The van der Waals surface area contributed by atoms with Crippen LogP contribution in [0.15, 0.2) is 24.3 Å². The monoisotopic (exact) mass is 259 g/mol. The summed E-state index contributed by atoms with van der Waals surface area (Å²) >= 11 is 0. The van der Waals surface area contributed by atoms with E-state index in [0.29, 0.717) is 0 Å². The van der Waals surface area contributed by atoms with Gasteiger partial charge >= 0.3 is 0 Å². The molecule has 2 saturated carbocycles. The van der Waals surface area contributed by atoms with Crippen LogP contribution in [0.5, 0.6) is 0 Å². The van der Waals surface area contributed by atoms with Crippen LogP contribution in [0.3, 0.4) is 0 Å². The SMILES string of the molecule is Fc1cccc(C2(CC3CC4CCC3C4)CNC2)c1. The molecule has 19 heavy (non-hydrogen) atoms. The van der Waals surface area contributed by atoms with Gasteiger partial charge in [-0.05, 0) is 61.1 Å². The number of hydrogen-bond acceptors (Lipinski definition) is 1. The second kappa shape index (κ2) is 4.31. The first-order valence-electron chi connectivity index (χ1n) is 7.72. The zero-order chi connectivity index (χ0) is 12.9. The van der Waals surface area contributed by atoms with E-state index in [4.69, 9.17) is 0 Å². The summed E-state index contributed by atoms with van der Waals surface area (Å²) in [6, 6.07) is 7.30. The summed E-state index contributed by atoms with van der Waals surface area (Å²) in [5.74, 6) is 2.78. The minimum absolute atomic E-state index is 0.0864. The largest absolute Gasteiger partial charge is 0.315 e. The molecule has 1 aromatic carbocycles. The van der Waals surface area contributed by atoms with Crippen LogP contribution < -0.4 is 5.32 Å². The zero-order valence-electron chi connectivity index (χ0n) is 11.4. The fraction of sp³-hybridized carbons (Fsp3) is 0.647. The van der Waals surface area contributed by atoms with Crippen LogP contribution in [0.4, 0.5) is 4.39 Å². The summed E-state index contributed by atoms with van der Waals surface area (Å²) in [7, 11) is 0. The molecule has 3 unspecified atom stereocenters. The Bertz CT molecular complexity index is 480. The quantitative estimate of drug-likeness (QED) is 0.876. The van der Waals surface area contributed by atoms with Gasteiger partial charge in [0.1, 0.15) is 5.82 Å². The lowest BCUT2D eigenvalue weighted by atomic mass is 9.67. The first-order valence-corrected chi connectivity index (χ1v) is 7.72. The van der Waals surface area contributed by atoms with Gasteiger partial charge in [0.2, 0.25) is 0 Å². The Hall–Kier alpha value is -0.890. The Morgan fingerprint density at radius 3 is 2.68 bits per heavy atom. The Balaban J connectivity index is 1.57. The molecule has 4 rings (SSSR count). The van der Waals surface area contributed by atoms with Crippen molar-refractivity contribution in [2.75, 3.05) is 13.1 Å². The standard InChI is InChI=1S/C17H22FN/c18-16-3-1-2-15(8-16)17(10-19-11-17)9-14-7-12-4-5-13(14)6-12/h1-3,8,12-14,19H,4-7,9-11H2. The van der Waals surface area contributed by atoms with Crippen LogP contribution in [-0.4, -0.2) is 13.1 Å². The summed E-state index contributed by atoms with van der Waals surface area (Å²) in [4.78, 5) is 0. The summed E-state index contributed by atoms with van der Waals surface area (Å²) in [6.07, 6.45) is 7.08. The molecule has 0 spiro atoms. The van der Waals surface area contributed by atoms with E-state index in [0.717, 1.165) is 30.8 Å². The summed E-state index contributed by atoms with van der Waals surface area (Å²) in [6.45, 7) is 2.06. The summed E-state index contributed by atoms with van der Waals surface area (Å²) in [5, 5.41) is 3.42. The molecule has 3 aliphatic rings. The van der Waals surface area contributed by atoms with Crippen molar-refractivity contribution in [1.82, 2.24) is 5.32 Å². The zero-order valence-corrected chi connectivity index (χ0v) is 11.4. The van der Waals surface area contributed by atoms with E-state index < -0.39 is 0 Å². The Morgan fingerprint density at radius 1 is 1.21 bits per heavy atom. The van der Waals surface area contributed by atoms with Crippen LogP contribution in [0.2, 0.25) is 0 Å². The van der Waals surface area contributed by atoms with Gasteiger partial charge in [-0.25, -0.2) is 4.39 Å². The second-order valence-electron chi connectivity index (χ2n) is 7.03. The van der Waals surface area contributed by atoms with Gasteiger partial charge in [0, 0.05) is 18.5 Å². The molecular formula is C17H22FN. The number of halogens is 1. The van der Waals surface area contributed by atoms with Gasteiger partial charge in [0.15, 0.2) is 0 Å². The van der Waals surface area contributed by atoms with Crippen molar-refractivity contribution >= 4 is 0 Å². The molecule has 0 radical (unpaired) electrons. The van der Waals surface area contributed by atoms with Crippen LogP contribution in [0, 0.1) is 23.6 Å². The molecule has 1 aliphatic heterocycles. The van der Waals surface area contributed by atoms with E-state index >= 15 is 0 Å². The maximum Gasteiger partial charge on any atom is 0.123 e. The highest BCUT2D eigenvalue weighted by atomic mass is 19.1. The molecule has 1 N–H and O–H groups in total. The molecule has 1 nitrogen and oxygen atoms in total. The number of benzene rings is 1. The molecule has 1 aromatic rings. The first-order chi connectivity index (χ1) is 9.25. The minimum atomic E-state index is -0.0864. The molecule has 0 amide bonds. The van der Waals surface area contributed by atoms with Gasteiger partial charge in [-0.3, -0.25) is 0 Å². The van der Waals surface area contributed by atoms with Crippen LogP contribution in [0.25, 0.3) is 0 Å². The highest BCUT2D eigenvalue weighted by molar-refractivity contribution is 5.30. The molecule has 3 fully saturated rings. The normalized spacial score (nSPS) is 35.3. The maximum atomic E-state index is 13.5. The lowest BCUT2D eigenvalue weighted by Gasteiger charge is -2.46. The Kier molecular flexibility index (Phi) is 2.70. The van der Waals surface area contributed by atoms with Gasteiger partial charge in [0.25, 0.3) is 0 Å². The fourth-order valence-electron chi connectivity index (χ4n) is 4.84. The number of nitrogens with one attached hydrogen (secondary N) is 1. The van der Waals surface area contributed by atoms with E-state index in [2.05, 4.69) is 11.4 Å². The topological polar surface area (TPSA) is 12.0 Å².